The predicted molar refractivity (Wildman–Crippen MR) is 153 cm³/mol. The summed E-state index contributed by atoms with van der Waals surface area (Å²) in [6.07, 6.45) is 16.3. The Morgan fingerprint density at radius 2 is 1.37 bits per heavy atom. The quantitative estimate of drug-likeness (QED) is 0.0803. The molecule has 2 fully saturated rings. The van der Waals surface area contributed by atoms with Crippen molar-refractivity contribution in [1.82, 2.24) is 15.3 Å². The zero-order chi connectivity index (χ0) is 30.3. The number of nitrogens with one attached hydrogen (secondary N) is 1. The molecule has 0 saturated heterocycles. The monoisotopic (exact) mass is 710 g/mol. The predicted octanol–water partition coefficient (Wildman–Crippen LogP) is 6.67. The van der Waals surface area contributed by atoms with Gasteiger partial charge in [0.25, 0.3) is 6.02 Å². The van der Waals surface area contributed by atoms with Gasteiger partial charge in [-0.1, -0.05) is 50.7 Å². The third-order valence-corrected chi connectivity index (χ3v) is 7.14. The Balaban J connectivity index is 0.000000258. The van der Waals surface area contributed by atoms with Gasteiger partial charge in [0.2, 0.25) is 0 Å². The van der Waals surface area contributed by atoms with E-state index in [-0.39, 0.29) is 20.4 Å². The number of halogens is 3. The largest absolute Gasteiger partial charge is 2.00 e. The van der Waals surface area contributed by atoms with Crippen LogP contribution in [-0.4, -0.2) is 46.6 Å². The van der Waals surface area contributed by atoms with Gasteiger partial charge in [0, 0.05) is 24.2 Å². The van der Waals surface area contributed by atoms with E-state index in [4.69, 9.17) is 22.7 Å². The van der Waals surface area contributed by atoms with Crippen molar-refractivity contribution in [2.75, 3.05) is 0 Å². The van der Waals surface area contributed by atoms with Crippen LogP contribution in [0.3, 0.4) is 0 Å². The van der Waals surface area contributed by atoms with Gasteiger partial charge in [-0.2, -0.15) is 31.4 Å². The molecule has 0 bridgehead atoms. The Morgan fingerprint density at radius 1 is 0.860 bits per heavy atom. The van der Waals surface area contributed by atoms with Crippen LogP contribution in [0.4, 0.5) is 13.2 Å². The molecule has 2 saturated carbocycles. The summed E-state index contributed by atoms with van der Waals surface area (Å²) in [5.74, 6) is 0.750. The summed E-state index contributed by atoms with van der Waals surface area (Å²) in [6, 6.07) is 24.1. The van der Waals surface area contributed by atoms with Gasteiger partial charge in [-0.05, 0) is 49.9 Å². The number of nitrogens with zero attached hydrogens (tertiary/aromatic N) is 3. The number of aromatic nitrogens is 2. The van der Waals surface area contributed by atoms with Gasteiger partial charge in [0.1, 0.15) is 0 Å². The van der Waals surface area contributed by atoms with Crippen LogP contribution in [0.1, 0.15) is 64.2 Å². The number of rotatable bonds is 4. The molecule has 2 heterocycles. The summed E-state index contributed by atoms with van der Waals surface area (Å²) in [5, 5.41) is 3.56. The van der Waals surface area contributed by atoms with Crippen molar-refractivity contribution in [2.24, 2.45) is 4.99 Å². The number of alkyl halides is 3. The number of hydrogen-bond donors (Lipinski definition) is 1. The SMILES string of the molecule is O=S(=O)([O-])C(F)(F)F.[Pd+2].[c-]1ccccc1OC(=NC1CCCCC1)NC1CCCCC1.c1ccc(-c2ccccn2)nc1. The Hall–Kier alpha value is -2.85. The Morgan fingerprint density at radius 3 is 1.81 bits per heavy atom. The molecule has 5 rings (SSSR count). The number of aliphatic imine (C=N–C) groups is 1. The van der Waals surface area contributed by atoms with E-state index in [1.54, 1.807) is 12.4 Å². The number of amidine groups is 1. The molecule has 0 unspecified atom stereocenters. The zero-order valence-electron chi connectivity index (χ0n) is 23.5. The summed E-state index contributed by atoms with van der Waals surface area (Å²) >= 11 is 0. The second-order valence-electron chi connectivity index (χ2n) is 9.86. The molecule has 236 valence electrons. The molecular weight excluding hydrogens is 676 g/mol. The molecule has 1 N–H and O–H groups in total. The molecule has 43 heavy (non-hydrogen) atoms. The molecule has 2 aliphatic rings. The summed E-state index contributed by atoms with van der Waals surface area (Å²) in [6.45, 7) is 0. The van der Waals surface area contributed by atoms with Crippen LogP contribution < -0.4 is 10.1 Å². The molecular formula is C30H35F3N4O4PdS. The first-order chi connectivity index (χ1) is 20.1. The first kappa shape index (κ1) is 36.3. The van der Waals surface area contributed by atoms with E-state index in [0.717, 1.165) is 17.1 Å². The maximum atomic E-state index is 10.7. The summed E-state index contributed by atoms with van der Waals surface area (Å²) < 4.78 is 64.9. The van der Waals surface area contributed by atoms with Crippen molar-refractivity contribution in [3.05, 3.63) is 79.1 Å². The van der Waals surface area contributed by atoms with Crippen molar-refractivity contribution in [3.63, 3.8) is 0 Å². The number of pyridine rings is 2. The molecule has 1 aromatic carbocycles. The van der Waals surface area contributed by atoms with Gasteiger partial charge in [-0.3, -0.25) is 9.97 Å². The van der Waals surface area contributed by atoms with E-state index in [9.17, 15) is 13.2 Å². The fourth-order valence-electron chi connectivity index (χ4n) is 4.46. The Labute approximate surface area is 265 Å². The van der Waals surface area contributed by atoms with Crippen LogP contribution in [-0.2, 0) is 30.5 Å². The summed E-state index contributed by atoms with van der Waals surface area (Å²) in [7, 11) is -6.09. The molecule has 2 aromatic heterocycles. The maximum Gasteiger partial charge on any atom is 2.00 e. The minimum Gasteiger partial charge on any atom is -0.741 e. The van der Waals surface area contributed by atoms with Crippen molar-refractivity contribution in [3.8, 4) is 17.1 Å². The Bertz CT molecular complexity index is 1270. The van der Waals surface area contributed by atoms with Crippen LogP contribution >= 0.6 is 0 Å². The fraction of sp³-hybridized carbons (Fsp3) is 0.433. The van der Waals surface area contributed by atoms with E-state index in [2.05, 4.69) is 21.4 Å². The smallest absolute Gasteiger partial charge is 0.741 e. The third-order valence-electron chi connectivity index (χ3n) is 6.57. The summed E-state index contributed by atoms with van der Waals surface area (Å²) in [4.78, 5) is 13.3. The zero-order valence-corrected chi connectivity index (χ0v) is 25.9. The number of hydrogen-bond acceptors (Lipinski definition) is 7. The van der Waals surface area contributed by atoms with Crippen molar-refractivity contribution >= 4 is 16.1 Å². The van der Waals surface area contributed by atoms with Gasteiger partial charge >= 0.3 is 25.9 Å². The van der Waals surface area contributed by atoms with E-state index >= 15 is 0 Å². The molecule has 13 heteroatoms. The minimum absolute atomic E-state index is 0. The molecule has 0 atom stereocenters. The van der Waals surface area contributed by atoms with Gasteiger partial charge in [-0.25, -0.2) is 13.4 Å². The van der Waals surface area contributed by atoms with Crippen LogP contribution in [0.25, 0.3) is 11.4 Å². The van der Waals surface area contributed by atoms with Gasteiger partial charge in [0.15, 0.2) is 10.1 Å². The van der Waals surface area contributed by atoms with Crippen LogP contribution in [0.5, 0.6) is 5.75 Å². The molecule has 2 aliphatic carbocycles. The van der Waals surface area contributed by atoms with Gasteiger partial charge in [-0.15, -0.1) is 12.1 Å². The fourth-order valence-corrected chi connectivity index (χ4v) is 4.46. The third kappa shape index (κ3) is 14.0. The number of ether oxygens (including phenoxy) is 1. The van der Waals surface area contributed by atoms with E-state index < -0.39 is 15.6 Å². The second kappa shape index (κ2) is 18.7. The molecule has 0 radical (unpaired) electrons. The summed E-state index contributed by atoms with van der Waals surface area (Å²) in [5.41, 5.74) is -3.82. The average molecular weight is 711 g/mol. The molecule has 0 aliphatic heterocycles. The minimum atomic E-state index is -6.09. The average Bonchev–Trinajstić information content (AvgIpc) is 2.99. The van der Waals surface area contributed by atoms with Crippen molar-refractivity contribution in [1.29, 1.82) is 0 Å². The van der Waals surface area contributed by atoms with Crippen molar-refractivity contribution < 1.29 is 51.3 Å². The second-order valence-corrected chi connectivity index (χ2v) is 11.2. The molecule has 3 aromatic rings. The normalized spacial score (nSPS) is 16.3. The van der Waals surface area contributed by atoms with Gasteiger partial charge < -0.3 is 14.6 Å². The topological polar surface area (TPSA) is 117 Å². The molecule has 0 spiro atoms. The van der Waals surface area contributed by atoms with Crippen molar-refractivity contribution in [2.45, 2.75) is 81.8 Å². The number of para-hydroxylation sites is 1. The first-order valence-electron chi connectivity index (χ1n) is 14.0. The maximum absolute atomic E-state index is 10.7. The first-order valence-corrected chi connectivity index (χ1v) is 15.4. The van der Waals surface area contributed by atoms with Crippen LogP contribution in [0.2, 0.25) is 0 Å². The molecule has 8 nitrogen and oxygen atoms in total. The van der Waals surface area contributed by atoms with E-state index in [1.165, 1.54) is 64.2 Å². The van der Waals surface area contributed by atoms with E-state index in [0.29, 0.717) is 18.1 Å². The number of benzene rings is 1. The van der Waals surface area contributed by atoms with E-state index in [1.807, 2.05) is 60.7 Å². The van der Waals surface area contributed by atoms with Crippen LogP contribution in [0, 0.1) is 6.07 Å². The Kier molecular flexibility index (Phi) is 15.8. The molecule has 0 amide bonds. The van der Waals surface area contributed by atoms with Gasteiger partial charge in [0.05, 0.1) is 17.4 Å². The van der Waals surface area contributed by atoms with Crippen LogP contribution in [0.15, 0.2) is 78.0 Å². The standard InChI is InChI=1S/C19H27N2O.C10H8N2.CHF3O3S.Pd/c1-4-10-16(11-5-1)20-19(21-17-12-6-2-7-13-17)22-18-14-8-3-9-15-18;1-3-7-11-9(5-1)10-6-2-4-8-12-10;2-1(3,4)8(5,6)7;/h3,8-9,14,16-17H,1-2,4-7,10-13H2,(H,20,21);1-8H;(H,5,6,7);/q-1;;;+2/p-1.